The normalized spacial score (nSPS) is 19.0. The molecule has 1 aliphatic heterocycles. The van der Waals surface area contributed by atoms with Crippen molar-refractivity contribution in [1.29, 1.82) is 0 Å². The number of hydrogen-bond acceptors (Lipinski definition) is 3. The van der Waals surface area contributed by atoms with Gasteiger partial charge < -0.3 is 10.0 Å². The van der Waals surface area contributed by atoms with Gasteiger partial charge in [0.2, 0.25) is 0 Å². The molecule has 0 unspecified atom stereocenters. The van der Waals surface area contributed by atoms with E-state index in [2.05, 4.69) is 16.7 Å². The molecule has 1 aliphatic carbocycles. The minimum atomic E-state index is -0.165. The van der Waals surface area contributed by atoms with Crippen LogP contribution >= 0.6 is 0 Å². The van der Waals surface area contributed by atoms with Crippen molar-refractivity contribution >= 4 is 5.91 Å². The average molecular weight is 284 g/mol. The zero-order chi connectivity index (χ0) is 14.7. The third-order valence-corrected chi connectivity index (χ3v) is 4.09. The second-order valence-electron chi connectivity index (χ2n) is 5.60. The van der Waals surface area contributed by atoms with Gasteiger partial charge in [0.05, 0.1) is 0 Å². The van der Waals surface area contributed by atoms with E-state index in [0.717, 1.165) is 37.8 Å². The van der Waals surface area contributed by atoms with Crippen LogP contribution in [0, 0.1) is 11.8 Å². The predicted molar refractivity (Wildman–Crippen MR) is 80.9 cm³/mol. The van der Waals surface area contributed by atoms with Gasteiger partial charge in [0.1, 0.15) is 6.61 Å². The van der Waals surface area contributed by atoms with Crippen molar-refractivity contribution in [2.75, 3.05) is 32.8 Å². The lowest BCUT2D eigenvalue weighted by Crippen LogP contribution is -2.49. The van der Waals surface area contributed by atoms with Crippen LogP contribution in [0.15, 0.2) is 24.3 Å². The van der Waals surface area contributed by atoms with Crippen molar-refractivity contribution in [1.82, 2.24) is 9.80 Å². The van der Waals surface area contributed by atoms with Gasteiger partial charge in [-0.25, -0.2) is 0 Å². The monoisotopic (exact) mass is 284 g/mol. The van der Waals surface area contributed by atoms with E-state index in [4.69, 9.17) is 5.11 Å². The van der Waals surface area contributed by atoms with E-state index in [1.165, 1.54) is 12.8 Å². The van der Waals surface area contributed by atoms with Gasteiger partial charge in [-0.3, -0.25) is 9.69 Å². The molecule has 1 aromatic carbocycles. The predicted octanol–water partition coefficient (Wildman–Crippen LogP) is 0.951. The topological polar surface area (TPSA) is 43.8 Å². The van der Waals surface area contributed by atoms with Crippen molar-refractivity contribution in [2.24, 2.45) is 0 Å². The Kier molecular flexibility index (Phi) is 4.23. The second-order valence-corrected chi connectivity index (χ2v) is 5.60. The summed E-state index contributed by atoms with van der Waals surface area (Å²) in [7, 11) is 0. The number of piperazine rings is 1. The number of carbonyl (C=O) groups excluding carboxylic acids is 1. The highest BCUT2D eigenvalue weighted by molar-refractivity contribution is 5.94. The number of hydrogen-bond donors (Lipinski definition) is 1. The first-order valence-corrected chi connectivity index (χ1v) is 7.51. The zero-order valence-electron chi connectivity index (χ0n) is 12.1. The minimum absolute atomic E-state index is 0.0816. The number of aliphatic hydroxyl groups is 1. The number of aliphatic hydroxyl groups excluding tert-OH is 1. The molecule has 0 spiro atoms. The van der Waals surface area contributed by atoms with Crippen molar-refractivity contribution < 1.29 is 9.90 Å². The van der Waals surface area contributed by atoms with Crippen molar-refractivity contribution in [3.8, 4) is 11.8 Å². The standard InChI is InChI=1S/C17H20N2O2/c20-12-2-4-14-3-1-5-15(13-14)17(21)19-10-8-18(9-11-19)16-6-7-16/h1,3,5,13,16,20H,6-12H2. The molecule has 1 saturated heterocycles. The van der Waals surface area contributed by atoms with E-state index >= 15 is 0 Å². The lowest BCUT2D eigenvalue weighted by Gasteiger charge is -2.34. The average Bonchev–Trinajstić information content (AvgIpc) is 3.37. The molecular formula is C17H20N2O2. The van der Waals surface area contributed by atoms with E-state index < -0.39 is 0 Å². The molecule has 2 fully saturated rings. The summed E-state index contributed by atoms with van der Waals surface area (Å²) in [5.41, 5.74) is 1.45. The molecule has 4 nitrogen and oxygen atoms in total. The molecular weight excluding hydrogens is 264 g/mol. The fourth-order valence-corrected chi connectivity index (χ4v) is 2.78. The lowest BCUT2D eigenvalue weighted by molar-refractivity contribution is 0.0627. The van der Waals surface area contributed by atoms with Gasteiger partial charge in [0.15, 0.2) is 0 Å². The van der Waals surface area contributed by atoms with Crippen molar-refractivity contribution in [2.45, 2.75) is 18.9 Å². The van der Waals surface area contributed by atoms with Crippen LogP contribution in [0.4, 0.5) is 0 Å². The highest BCUT2D eigenvalue weighted by Gasteiger charge is 2.32. The van der Waals surface area contributed by atoms with E-state index in [1.807, 2.05) is 23.1 Å². The number of nitrogens with zero attached hydrogens (tertiary/aromatic N) is 2. The highest BCUT2D eigenvalue weighted by atomic mass is 16.2. The van der Waals surface area contributed by atoms with Crippen LogP contribution in [-0.2, 0) is 0 Å². The molecule has 0 aromatic heterocycles. The van der Waals surface area contributed by atoms with E-state index in [9.17, 15) is 4.79 Å². The molecule has 3 rings (SSSR count). The molecule has 0 atom stereocenters. The third kappa shape index (κ3) is 3.44. The number of carbonyl (C=O) groups is 1. The van der Waals surface area contributed by atoms with Crippen molar-refractivity contribution in [3.05, 3.63) is 35.4 Å². The fraction of sp³-hybridized carbons (Fsp3) is 0.471. The Morgan fingerprint density at radius 1 is 1.24 bits per heavy atom. The third-order valence-electron chi connectivity index (χ3n) is 4.09. The molecule has 0 radical (unpaired) electrons. The first-order valence-electron chi connectivity index (χ1n) is 7.51. The van der Waals surface area contributed by atoms with Crippen LogP contribution in [0.3, 0.4) is 0 Å². The van der Waals surface area contributed by atoms with Gasteiger partial charge in [-0.15, -0.1) is 0 Å². The molecule has 110 valence electrons. The smallest absolute Gasteiger partial charge is 0.253 e. The van der Waals surface area contributed by atoms with Crippen LogP contribution in [0.5, 0.6) is 0 Å². The maximum absolute atomic E-state index is 12.5. The van der Waals surface area contributed by atoms with Crippen LogP contribution in [0.25, 0.3) is 0 Å². The summed E-state index contributed by atoms with van der Waals surface area (Å²) >= 11 is 0. The molecule has 2 aliphatic rings. The Bertz CT molecular complexity index is 576. The number of rotatable bonds is 2. The van der Waals surface area contributed by atoms with Gasteiger partial charge in [0, 0.05) is 43.3 Å². The largest absolute Gasteiger partial charge is 0.384 e. The summed E-state index contributed by atoms with van der Waals surface area (Å²) in [6.07, 6.45) is 2.64. The second kappa shape index (κ2) is 6.30. The molecule has 21 heavy (non-hydrogen) atoms. The van der Waals surface area contributed by atoms with E-state index in [1.54, 1.807) is 6.07 Å². The van der Waals surface area contributed by atoms with E-state index in [0.29, 0.717) is 5.56 Å². The van der Waals surface area contributed by atoms with Gasteiger partial charge in [-0.05, 0) is 31.0 Å². The molecule has 0 bridgehead atoms. The summed E-state index contributed by atoms with van der Waals surface area (Å²) < 4.78 is 0. The SMILES string of the molecule is O=C(c1cccc(C#CCO)c1)N1CCN(C2CC2)CC1. The number of benzene rings is 1. The molecule has 1 amide bonds. The molecule has 1 saturated carbocycles. The highest BCUT2D eigenvalue weighted by Crippen LogP contribution is 2.27. The first kappa shape index (κ1) is 14.1. The van der Waals surface area contributed by atoms with Crippen LogP contribution in [0.1, 0.15) is 28.8 Å². The Morgan fingerprint density at radius 2 is 2.00 bits per heavy atom. The summed E-state index contributed by atoms with van der Waals surface area (Å²) in [4.78, 5) is 16.9. The Labute approximate surface area is 125 Å². The van der Waals surface area contributed by atoms with Gasteiger partial charge in [-0.2, -0.15) is 0 Å². The summed E-state index contributed by atoms with van der Waals surface area (Å²) in [6.45, 7) is 3.42. The Morgan fingerprint density at radius 3 is 2.67 bits per heavy atom. The fourth-order valence-electron chi connectivity index (χ4n) is 2.78. The van der Waals surface area contributed by atoms with Gasteiger partial charge in [-0.1, -0.05) is 17.9 Å². The van der Waals surface area contributed by atoms with Gasteiger partial charge >= 0.3 is 0 Å². The molecule has 1 aromatic rings. The zero-order valence-corrected chi connectivity index (χ0v) is 12.1. The van der Waals surface area contributed by atoms with Crippen molar-refractivity contribution in [3.63, 3.8) is 0 Å². The molecule has 4 heteroatoms. The summed E-state index contributed by atoms with van der Waals surface area (Å²) in [6, 6.07) is 8.11. The molecule has 1 heterocycles. The summed E-state index contributed by atoms with van der Waals surface area (Å²) in [5, 5.41) is 8.73. The number of amides is 1. The summed E-state index contributed by atoms with van der Waals surface area (Å²) in [5.74, 6) is 5.53. The minimum Gasteiger partial charge on any atom is -0.384 e. The quantitative estimate of drug-likeness (QED) is 0.822. The van der Waals surface area contributed by atoms with Crippen LogP contribution in [-0.4, -0.2) is 59.6 Å². The lowest BCUT2D eigenvalue weighted by atomic mass is 10.1. The maximum atomic E-state index is 12.5. The van der Waals surface area contributed by atoms with Crippen LogP contribution < -0.4 is 0 Å². The first-order chi connectivity index (χ1) is 10.3. The maximum Gasteiger partial charge on any atom is 0.253 e. The van der Waals surface area contributed by atoms with E-state index in [-0.39, 0.29) is 12.5 Å². The van der Waals surface area contributed by atoms with Crippen LogP contribution in [0.2, 0.25) is 0 Å². The van der Waals surface area contributed by atoms with Gasteiger partial charge in [0.25, 0.3) is 5.91 Å². The Balaban J connectivity index is 1.64. The molecule has 1 N–H and O–H groups in total. The Hall–Kier alpha value is -1.83.